The highest BCUT2D eigenvalue weighted by Crippen LogP contribution is 2.42. The summed E-state index contributed by atoms with van der Waals surface area (Å²) >= 11 is 0. The number of anilines is 3. The van der Waals surface area contributed by atoms with Gasteiger partial charge in [-0.25, -0.2) is 0 Å². The van der Waals surface area contributed by atoms with Gasteiger partial charge in [0.25, 0.3) is 0 Å². The summed E-state index contributed by atoms with van der Waals surface area (Å²) in [6.45, 7) is 0. The molecular formula is C66H44N2OSi. The second kappa shape index (κ2) is 16.1. The van der Waals surface area contributed by atoms with E-state index >= 15 is 0 Å². The molecule has 0 spiro atoms. The highest BCUT2D eigenvalue weighted by atomic mass is 28.3. The minimum absolute atomic E-state index is 0.897. The molecular weight excluding hydrogens is 865 g/mol. The fourth-order valence-corrected chi connectivity index (χ4v) is 16.2. The van der Waals surface area contributed by atoms with Crippen molar-refractivity contribution in [3.05, 3.63) is 267 Å². The highest BCUT2D eigenvalue weighted by Gasteiger charge is 2.41. The van der Waals surface area contributed by atoms with Gasteiger partial charge in [-0.1, -0.05) is 200 Å². The van der Waals surface area contributed by atoms with Crippen molar-refractivity contribution in [2.75, 3.05) is 4.90 Å². The molecule has 0 unspecified atom stereocenters. The van der Waals surface area contributed by atoms with Gasteiger partial charge in [0.2, 0.25) is 0 Å². The predicted octanol–water partition coefficient (Wildman–Crippen LogP) is 14.9. The van der Waals surface area contributed by atoms with Gasteiger partial charge in [-0.2, -0.15) is 0 Å². The maximum atomic E-state index is 6.31. The van der Waals surface area contributed by atoms with Crippen LogP contribution in [0.2, 0.25) is 0 Å². The minimum Gasteiger partial charge on any atom is -0.456 e. The Morgan fingerprint density at radius 3 is 1.29 bits per heavy atom. The number of rotatable bonds is 9. The van der Waals surface area contributed by atoms with Gasteiger partial charge >= 0.3 is 0 Å². The Balaban J connectivity index is 0.890. The zero-order chi connectivity index (χ0) is 46.2. The molecule has 328 valence electrons. The van der Waals surface area contributed by atoms with Gasteiger partial charge in [-0.3, -0.25) is 0 Å². The topological polar surface area (TPSA) is 20.8 Å². The van der Waals surface area contributed by atoms with Crippen molar-refractivity contribution >= 4 is 106 Å². The Bertz CT molecular complexity index is 4100. The van der Waals surface area contributed by atoms with Gasteiger partial charge in [0.15, 0.2) is 8.07 Å². The second-order valence-electron chi connectivity index (χ2n) is 18.4. The molecule has 3 heterocycles. The number of para-hydroxylation sites is 3. The van der Waals surface area contributed by atoms with Crippen molar-refractivity contribution in [1.29, 1.82) is 0 Å². The highest BCUT2D eigenvalue weighted by molar-refractivity contribution is 7.19. The third-order valence-corrected chi connectivity index (χ3v) is 19.5. The van der Waals surface area contributed by atoms with Gasteiger partial charge in [0.05, 0.1) is 16.6 Å². The predicted molar refractivity (Wildman–Crippen MR) is 298 cm³/mol. The van der Waals surface area contributed by atoms with E-state index in [9.17, 15) is 0 Å². The number of benzene rings is 11. The molecule has 11 aromatic carbocycles. The van der Waals surface area contributed by atoms with E-state index in [2.05, 4.69) is 264 Å². The average molecular weight is 909 g/mol. The van der Waals surface area contributed by atoms with Gasteiger partial charge < -0.3 is 13.7 Å². The Morgan fingerprint density at radius 2 is 0.700 bits per heavy atom. The molecule has 0 N–H and O–H groups in total. The lowest BCUT2D eigenvalue weighted by molar-refractivity contribution is 0.669. The van der Waals surface area contributed by atoms with Gasteiger partial charge in [0.1, 0.15) is 11.2 Å². The largest absolute Gasteiger partial charge is 0.456 e. The third-order valence-electron chi connectivity index (χ3n) is 14.7. The number of hydrogen-bond acceptors (Lipinski definition) is 2. The first kappa shape index (κ1) is 40.1. The fraction of sp³-hybridized carbons (Fsp3) is 0. The Hall–Kier alpha value is -8.96. The van der Waals surface area contributed by atoms with Crippen LogP contribution in [0.5, 0.6) is 0 Å². The minimum atomic E-state index is -2.72. The fourth-order valence-electron chi connectivity index (χ4n) is 11.5. The van der Waals surface area contributed by atoms with Crippen LogP contribution in [0.3, 0.4) is 0 Å². The molecule has 14 rings (SSSR count). The summed E-state index contributed by atoms with van der Waals surface area (Å²) in [7, 11) is -2.72. The summed E-state index contributed by atoms with van der Waals surface area (Å²) in [6.07, 6.45) is 0. The SMILES string of the molecule is c1ccc([Si](c2ccccc2)(c2ccccc2)c2ccc(N(c3ccc(-c4ccc5c(c4)oc4ccccc45)cc3)c3ccc(-c4ccc5c6cccc7c8ccccc8n(c5c4)c76)cc3)cc2)cc1. The maximum Gasteiger partial charge on any atom is 0.179 e. The van der Waals surface area contributed by atoms with E-state index in [0.717, 1.165) is 50.1 Å². The quantitative estimate of drug-likeness (QED) is 0.106. The van der Waals surface area contributed by atoms with E-state index in [0.29, 0.717) is 0 Å². The molecule has 0 saturated heterocycles. The van der Waals surface area contributed by atoms with Crippen LogP contribution >= 0.6 is 0 Å². The van der Waals surface area contributed by atoms with Crippen LogP contribution in [-0.2, 0) is 0 Å². The molecule has 0 bridgehead atoms. The zero-order valence-corrected chi connectivity index (χ0v) is 39.2. The molecule has 0 aliphatic carbocycles. The molecule has 0 atom stereocenters. The summed E-state index contributed by atoms with van der Waals surface area (Å²) < 4.78 is 8.77. The van der Waals surface area contributed by atoms with Crippen LogP contribution in [0, 0.1) is 0 Å². The summed E-state index contributed by atoms with van der Waals surface area (Å²) in [4.78, 5) is 2.39. The van der Waals surface area contributed by atoms with E-state index < -0.39 is 8.07 Å². The summed E-state index contributed by atoms with van der Waals surface area (Å²) in [6, 6.07) is 98.1. The normalized spacial score (nSPS) is 12.0. The van der Waals surface area contributed by atoms with Crippen molar-refractivity contribution in [3.8, 4) is 22.3 Å². The van der Waals surface area contributed by atoms with E-state index in [1.54, 1.807) is 0 Å². The van der Waals surface area contributed by atoms with Crippen LogP contribution in [0.15, 0.2) is 271 Å². The van der Waals surface area contributed by atoms with Crippen molar-refractivity contribution in [2.24, 2.45) is 0 Å². The number of fused-ring (bicyclic) bond motifs is 9. The van der Waals surface area contributed by atoms with Crippen molar-refractivity contribution in [2.45, 2.75) is 0 Å². The summed E-state index contributed by atoms with van der Waals surface area (Å²) in [5.41, 5.74) is 13.4. The van der Waals surface area contributed by atoms with E-state index in [-0.39, 0.29) is 0 Å². The second-order valence-corrected chi connectivity index (χ2v) is 22.2. The van der Waals surface area contributed by atoms with Crippen LogP contribution in [0.4, 0.5) is 17.1 Å². The van der Waals surface area contributed by atoms with Crippen molar-refractivity contribution in [1.82, 2.24) is 4.40 Å². The molecule has 0 radical (unpaired) electrons. The first-order chi connectivity index (χ1) is 34.7. The molecule has 3 aromatic heterocycles. The molecule has 0 amide bonds. The van der Waals surface area contributed by atoms with Gasteiger partial charge in [0, 0.05) is 49.4 Å². The van der Waals surface area contributed by atoms with E-state index in [1.807, 2.05) is 12.1 Å². The first-order valence-corrected chi connectivity index (χ1v) is 26.1. The molecule has 0 fully saturated rings. The Kier molecular flexibility index (Phi) is 9.23. The maximum absolute atomic E-state index is 6.31. The molecule has 0 aliphatic heterocycles. The average Bonchev–Trinajstić information content (AvgIpc) is 4.10. The van der Waals surface area contributed by atoms with Crippen LogP contribution in [0.25, 0.3) is 82.3 Å². The molecule has 3 nitrogen and oxygen atoms in total. The molecule has 70 heavy (non-hydrogen) atoms. The smallest absolute Gasteiger partial charge is 0.179 e. The zero-order valence-electron chi connectivity index (χ0n) is 38.2. The molecule has 14 aromatic rings. The summed E-state index contributed by atoms with van der Waals surface area (Å²) in [5, 5.41) is 12.8. The van der Waals surface area contributed by atoms with Gasteiger partial charge in [-0.05, 0) is 110 Å². The lowest BCUT2D eigenvalue weighted by Crippen LogP contribution is -2.74. The lowest BCUT2D eigenvalue weighted by Gasteiger charge is -2.35. The third kappa shape index (κ3) is 6.20. The summed E-state index contributed by atoms with van der Waals surface area (Å²) in [5.74, 6) is 0. The molecule has 4 heteroatoms. The number of aromatic nitrogens is 1. The molecule has 0 saturated carbocycles. The van der Waals surface area contributed by atoms with E-state index in [1.165, 1.54) is 70.0 Å². The van der Waals surface area contributed by atoms with Crippen LogP contribution < -0.4 is 25.6 Å². The number of hydrogen-bond donors (Lipinski definition) is 0. The Morgan fingerprint density at radius 1 is 0.286 bits per heavy atom. The van der Waals surface area contributed by atoms with Crippen LogP contribution in [-0.4, -0.2) is 12.5 Å². The van der Waals surface area contributed by atoms with Gasteiger partial charge in [-0.15, -0.1) is 0 Å². The lowest BCUT2D eigenvalue weighted by atomic mass is 10.0. The van der Waals surface area contributed by atoms with Crippen molar-refractivity contribution < 1.29 is 4.42 Å². The van der Waals surface area contributed by atoms with Crippen LogP contribution in [0.1, 0.15) is 0 Å². The molecule has 0 aliphatic rings. The first-order valence-electron chi connectivity index (χ1n) is 24.1. The number of furan rings is 1. The van der Waals surface area contributed by atoms with E-state index in [4.69, 9.17) is 4.42 Å². The van der Waals surface area contributed by atoms with Crippen molar-refractivity contribution in [3.63, 3.8) is 0 Å². The Labute approximate surface area is 406 Å². The standard InChI is InChI=1S/C66H44N2OSi/c1-4-15-52(16-5-1)70(53-17-6-2-7-18-53,54-19-8-3-9-20-54)55-39-37-51(38-40-55)67(50-35-29-46(30-36-50)48-32-42-59-58-22-11-13-26-64(58)69-65(59)44-48)49-33-27-45(28-34-49)47-31-41-57-61-24-14-23-60-56-21-10-12-25-62(56)68(66(60)61)63(57)43-47/h1-44H. The monoisotopic (exact) mass is 908 g/mol. The number of nitrogens with zero attached hydrogens (tertiary/aromatic N) is 2.